The normalized spacial score (nSPS) is 20.6. The zero-order valence-corrected chi connectivity index (χ0v) is 22.0. The van der Waals surface area contributed by atoms with Gasteiger partial charge in [-0.3, -0.25) is 0 Å². The van der Waals surface area contributed by atoms with Crippen molar-refractivity contribution in [3.8, 4) is 0 Å². The van der Waals surface area contributed by atoms with Crippen molar-refractivity contribution in [3.63, 3.8) is 0 Å². The van der Waals surface area contributed by atoms with Crippen LogP contribution in [0.2, 0.25) is 0 Å². The van der Waals surface area contributed by atoms with Crippen molar-refractivity contribution in [2.75, 3.05) is 23.7 Å². The number of aromatic nitrogens is 4. The smallest absolute Gasteiger partial charge is 0.337 e. The summed E-state index contributed by atoms with van der Waals surface area (Å²) in [6.07, 6.45) is 10.2. The third kappa shape index (κ3) is 5.74. The molecule has 0 unspecified atom stereocenters. The van der Waals surface area contributed by atoms with E-state index in [1.165, 1.54) is 37.1 Å². The number of aromatic carboxylic acids is 1. The lowest BCUT2D eigenvalue weighted by atomic mass is 9.92. The number of anilines is 2. The van der Waals surface area contributed by atoms with Gasteiger partial charge >= 0.3 is 5.97 Å². The van der Waals surface area contributed by atoms with E-state index < -0.39 is 16.0 Å². The summed E-state index contributed by atoms with van der Waals surface area (Å²) in [4.78, 5) is 25.3. The maximum atomic E-state index is 12.8. The Morgan fingerprint density at radius 1 is 1.05 bits per heavy atom. The van der Waals surface area contributed by atoms with E-state index in [0.29, 0.717) is 23.3 Å². The first-order chi connectivity index (χ1) is 18.3. The second kappa shape index (κ2) is 11.2. The fourth-order valence-electron chi connectivity index (χ4n) is 5.32. The summed E-state index contributed by atoms with van der Waals surface area (Å²) >= 11 is 0. The van der Waals surface area contributed by atoms with Gasteiger partial charge in [-0.15, -0.1) is 0 Å². The molecule has 0 radical (unpaired) electrons. The molecule has 0 spiro atoms. The van der Waals surface area contributed by atoms with E-state index in [9.17, 15) is 18.3 Å². The number of imidazole rings is 1. The number of carbonyl (C=O) groups is 1. The van der Waals surface area contributed by atoms with Gasteiger partial charge in [-0.05, 0) is 50.7 Å². The predicted octanol–water partition coefficient (Wildman–Crippen LogP) is 2.71. The molecule has 2 aliphatic carbocycles. The van der Waals surface area contributed by atoms with Gasteiger partial charge in [-0.2, -0.15) is 9.97 Å². The lowest BCUT2D eigenvalue weighted by Gasteiger charge is -2.27. The average Bonchev–Trinajstić information content (AvgIpc) is 3.58. The molecule has 2 saturated carbocycles. The number of nitrogens with zero attached hydrogens (tertiary/aromatic N) is 4. The molecule has 0 aliphatic heterocycles. The molecule has 0 bridgehead atoms. The highest BCUT2D eigenvalue weighted by molar-refractivity contribution is 7.89. The van der Waals surface area contributed by atoms with Gasteiger partial charge in [0.2, 0.25) is 16.0 Å². The number of sulfonamides is 1. The van der Waals surface area contributed by atoms with Crippen molar-refractivity contribution >= 4 is 38.9 Å². The highest BCUT2D eigenvalue weighted by Gasteiger charge is 2.24. The van der Waals surface area contributed by atoms with Gasteiger partial charge in [0.05, 0.1) is 16.8 Å². The Morgan fingerprint density at radius 3 is 2.53 bits per heavy atom. The molecule has 12 nitrogen and oxygen atoms in total. The van der Waals surface area contributed by atoms with Crippen LogP contribution in [0, 0.1) is 0 Å². The minimum atomic E-state index is -4.02. The van der Waals surface area contributed by atoms with Crippen LogP contribution in [0.15, 0.2) is 35.5 Å². The molecule has 0 saturated heterocycles. The van der Waals surface area contributed by atoms with E-state index in [2.05, 4.69) is 29.9 Å². The lowest BCUT2D eigenvalue weighted by molar-refractivity contribution is 0.0692. The number of carboxylic acid groups (broad SMARTS) is 1. The molecule has 0 amide bonds. The van der Waals surface area contributed by atoms with E-state index in [-0.39, 0.29) is 35.6 Å². The van der Waals surface area contributed by atoms with Crippen molar-refractivity contribution in [3.05, 3.63) is 36.2 Å². The molecule has 38 heavy (non-hydrogen) atoms. The third-order valence-corrected chi connectivity index (χ3v) is 8.88. The van der Waals surface area contributed by atoms with Crippen molar-refractivity contribution in [1.82, 2.24) is 24.2 Å². The fraction of sp³-hybridized carbons (Fsp3) is 0.520. The Morgan fingerprint density at radius 2 is 1.79 bits per heavy atom. The lowest BCUT2D eigenvalue weighted by Crippen LogP contribution is -2.33. The second-order valence-corrected chi connectivity index (χ2v) is 11.8. The Bertz CT molecular complexity index is 1400. The summed E-state index contributed by atoms with van der Waals surface area (Å²) in [5.41, 5.74) is 7.17. The van der Waals surface area contributed by atoms with Gasteiger partial charge in [-0.1, -0.05) is 25.0 Å². The van der Waals surface area contributed by atoms with Crippen molar-refractivity contribution in [2.24, 2.45) is 5.73 Å². The molecule has 6 N–H and O–H groups in total. The maximum absolute atomic E-state index is 12.8. The fourth-order valence-corrected chi connectivity index (χ4v) is 6.55. The summed E-state index contributed by atoms with van der Waals surface area (Å²) in [7, 11) is -4.02. The van der Waals surface area contributed by atoms with Gasteiger partial charge in [0.1, 0.15) is 0 Å². The standard InChI is InChI=1S/C25H34N8O4S/c26-16-9-11-17(12-10-16)30-25-31-22(21-23(32-25)33(15-28-21)18-5-1-2-6-18)27-13-14-29-38(36,37)20-8-4-3-7-19(20)24(34)35/h3-4,7-8,15-18,29H,1-2,5-6,9-14,26H2,(H,34,35)(H2,27,30,31,32)/t16-,17-. The zero-order chi connectivity index (χ0) is 26.7. The van der Waals surface area contributed by atoms with Crippen LogP contribution < -0.4 is 21.1 Å². The molecule has 2 aliphatic rings. The van der Waals surface area contributed by atoms with Crippen molar-refractivity contribution < 1.29 is 18.3 Å². The molecule has 2 fully saturated rings. The number of carboxylic acids is 1. The summed E-state index contributed by atoms with van der Waals surface area (Å²) < 4.78 is 30.1. The first-order valence-corrected chi connectivity index (χ1v) is 14.6. The molecular formula is C25H34N8O4S. The van der Waals surface area contributed by atoms with Gasteiger partial charge < -0.3 is 26.0 Å². The second-order valence-electron chi connectivity index (χ2n) is 10.0. The molecule has 2 heterocycles. The number of benzene rings is 1. The minimum absolute atomic E-state index is 0.0222. The number of fused-ring (bicyclic) bond motifs is 1. The first-order valence-electron chi connectivity index (χ1n) is 13.1. The summed E-state index contributed by atoms with van der Waals surface area (Å²) in [6, 6.07) is 6.35. The monoisotopic (exact) mass is 542 g/mol. The summed E-state index contributed by atoms with van der Waals surface area (Å²) in [5.74, 6) is -0.270. The molecule has 13 heteroatoms. The van der Waals surface area contributed by atoms with Gasteiger partial charge in [0, 0.05) is 31.2 Å². The first kappa shape index (κ1) is 26.3. The van der Waals surface area contributed by atoms with E-state index in [4.69, 9.17) is 10.7 Å². The summed E-state index contributed by atoms with van der Waals surface area (Å²) in [6.45, 7) is 0.239. The SMILES string of the molecule is N[C@H]1CC[C@H](Nc2nc(NCCNS(=O)(=O)c3ccccc3C(=O)O)c3ncn(C4CCCC4)c3n2)CC1. The highest BCUT2D eigenvalue weighted by Crippen LogP contribution is 2.33. The third-order valence-electron chi connectivity index (χ3n) is 7.36. The van der Waals surface area contributed by atoms with E-state index in [1.807, 2.05) is 6.33 Å². The topological polar surface area (TPSA) is 177 Å². The predicted molar refractivity (Wildman–Crippen MR) is 144 cm³/mol. The van der Waals surface area contributed by atoms with Crippen LogP contribution in [0.5, 0.6) is 0 Å². The Kier molecular flexibility index (Phi) is 7.77. The molecule has 5 rings (SSSR count). The largest absolute Gasteiger partial charge is 0.478 e. The van der Waals surface area contributed by atoms with E-state index in [1.54, 1.807) is 0 Å². The molecule has 3 aromatic rings. The van der Waals surface area contributed by atoms with Crippen LogP contribution in [-0.4, -0.2) is 64.2 Å². The number of hydrogen-bond donors (Lipinski definition) is 5. The minimum Gasteiger partial charge on any atom is -0.478 e. The van der Waals surface area contributed by atoms with Crippen LogP contribution in [0.3, 0.4) is 0 Å². The average molecular weight is 543 g/mol. The Balaban J connectivity index is 1.33. The van der Waals surface area contributed by atoms with E-state index in [0.717, 1.165) is 44.2 Å². The number of nitrogens with two attached hydrogens (primary N) is 1. The number of nitrogens with one attached hydrogen (secondary N) is 3. The van der Waals surface area contributed by atoms with Crippen LogP contribution >= 0.6 is 0 Å². The maximum Gasteiger partial charge on any atom is 0.337 e. The quantitative estimate of drug-likeness (QED) is 0.239. The molecule has 1 aromatic carbocycles. The van der Waals surface area contributed by atoms with Crippen LogP contribution in [0.4, 0.5) is 11.8 Å². The van der Waals surface area contributed by atoms with Crippen molar-refractivity contribution in [1.29, 1.82) is 0 Å². The Labute approximate surface area is 221 Å². The summed E-state index contributed by atoms with van der Waals surface area (Å²) in [5, 5.41) is 16.0. The molecule has 2 aromatic heterocycles. The Hall–Kier alpha value is -3.29. The van der Waals surface area contributed by atoms with Crippen molar-refractivity contribution in [2.45, 2.75) is 74.4 Å². The van der Waals surface area contributed by atoms with E-state index >= 15 is 0 Å². The number of rotatable bonds is 10. The zero-order valence-electron chi connectivity index (χ0n) is 21.1. The van der Waals surface area contributed by atoms with Gasteiger partial charge in [0.15, 0.2) is 17.0 Å². The van der Waals surface area contributed by atoms with Crippen LogP contribution in [0.25, 0.3) is 11.2 Å². The highest BCUT2D eigenvalue weighted by atomic mass is 32.2. The molecular weight excluding hydrogens is 508 g/mol. The molecule has 0 atom stereocenters. The number of hydrogen-bond acceptors (Lipinski definition) is 9. The van der Waals surface area contributed by atoms with Gasteiger partial charge in [0.25, 0.3) is 0 Å². The van der Waals surface area contributed by atoms with Gasteiger partial charge in [-0.25, -0.2) is 22.9 Å². The van der Waals surface area contributed by atoms with Crippen LogP contribution in [0.1, 0.15) is 67.8 Å². The van der Waals surface area contributed by atoms with Crippen LogP contribution in [-0.2, 0) is 10.0 Å². The molecule has 204 valence electrons.